The first kappa shape index (κ1) is 13.0. The predicted molar refractivity (Wildman–Crippen MR) is 72.3 cm³/mol. The SMILES string of the molecule is CSC(=N)NC(=O)c1nc(I)c(N)nc1N. The third-order valence-electron chi connectivity index (χ3n) is 1.55. The minimum absolute atomic E-state index is 0.0121. The number of nitrogens with two attached hydrogens (primary N) is 2. The number of hydrogen-bond donors (Lipinski definition) is 4. The van der Waals surface area contributed by atoms with Gasteiger partial charge in [0.25, 0.3) is 5.91 Å². The van der Waals surface area contributed by atoms with Crippen molar-refractivity contribution in [2.75, 3.05) is 17.7 Å². The van der Waals surface area contributed by atoms with Gasteiger partial charge in [0.05, 0.1) is 0 Å². The number of carbonyl (C=O) groups excluding carboxylic acids is 1. The Morgan fingerprint density at radius 3 is 2.62 bits per heavy atom. The molecule has 1 amide bonds. The molecule has 1 aromatic heterocycles. The maximum absolute atomic E-state index is 11.6. The molecule has 0 saturated carbocycles. The summed E-state index contributed by atoms with van der Waals surface area (Å²) in [6.07, 6.45) is 1.67. The molecule has 0 aliphatic heterocycles. The van der Waals surface area contributed by atoms with Crippen LogP contribution < -0.4 is 16.8 Å². The molecule has 0 atom stereocenters. The van der Waals surface area contributed by atoms with Gasteiger partial charge in [-0.1, -0.05) is 11.8 Å². The first-order chi connectivity index (χ1) is 7.45. The highest BCUT2D eigenvalue weighted by Crippen LogP contribution is 2.14. The lowest BCUT2D eigenvalue weighted by atomic mass is 10.4. The number of halogens is 1. The number of amidine groups is 1. The van der Waals surface area contributed by atoms with E-state index >= 15 is 0 Å². The highest BCUT2D eigenvalue weighted by atomic mass is 127. The van der Waals surface area contributed by atoms with Crippen LogP contribution in [0.2, 0.25) is 0 Å². The van der Waals surface area contributed by atoms with E-state index in [1.807, 2.05) is 22.6 Å². The Balaban J connectivity index is 3.00. The number of rotatable bonds is 1. The average molecular weight is 352 g/mol. The Bertz CT molecular complexity index is 451. The minimum Gasteiger partial charge on any atom is -0.382 e. The molecule has 0 spiro atoms. The molecule has 7 nitrogen and oxygen atoms in total. The summed E-state index contributed by atoms with van der Waals surface area (Å²) in [4.78, 5) is 19.3. The average Bonchev–Trinajstić information content (AvgIpc) is 2.23. The van der Waals surface area contributed by atoms with Crippen LogP contribution in [-0.2, 0) is 0 Å². The van der Waals surface area contributed by atoms with Gasteiger partial charge in [-0.25, -0.2) is 9.97 Å². The van der Waals surface area contributed by atoms with E-state index in [0.29, 0.717) is 3.70 Å². The quantitative estimate of drug-likeness (QED) is 0.326. The lowest BCUT2D eigenvalue weighted by molar-refractivity contribution is 0.0973. The van der Waals surface area contributed by atoms with Crippen molar-refractivity contribution in [3.63, 3.8) is 0 Å². The molecule has 0 aliphatic carbocycles. The van der Waals surface area contributed by atoms with Crippen molar-refractivity contribution in [1.82, 2.24) is 15.3 Å². The highest BCUT2D eigenvalue weighted by molar-refractivity contribution is 14.1. The van der Waals surface area contributed by atoms with Crippen molar-refractivity contribution in [2.24, 2.45) is 0 Å². The van der Waals surface area contributed by atoms with E-state index in [1.54, 1.807) is 6.26 Å². The van der Waals surface area contributed by atoms with Crippen LogP contribution >= 0.6 is 34.4 Å². The number of nitrogens with zero attached hydrogens (tertiary/aromatic N) is 2. The summed E-state index contributed by atoms with van der Waals surface area (Å²) in [5.74, 6) is -0.443. The van der Waals surface area contributed by atoms with Gasteiger partial charge in [-0.2, -0.15) is 0 Å². The van der Waals surface area contributed by atoms with E-state index in [-0.39, 0.29) is 22.5 Å². The van der Waals surface area contributed by atoms with Crippen LogP contribution in [0, 0.1) is 9.11 Å². The number of nitrogen functional groups attached to an aromatic ring is 2. The second-order valence-electron chi connectivity index (χ2n) is 2.62. The molecule has 0 radical (unpaired) electrons. The number of nitrogens with one attached hydrogen (secondary N) is 2. The number of thioether (sulfide) groups is 1. The number of hydrogen-bond acceptors (Lipinski definition) is 7. The first-order valence-electron chi connectivity index (χ1n) is 3.98. The fraction of sp³-hybridized carbons (Fsp3) is 0.143. The monoisotopic (exact) mass is 352 g/mol. The van der Waals surface area contributed by atoms with Crippen LogP contribution in [0.15, 0.2) is 0 Å². The van der Waals surface area contributed by atoms with Crippen LogP contribution in [0.25, 0.3) is 0 Å². The van der Waals surface area contributed by atoms with Crippen LogP contribution in [0.4, 0.5) is 11.6 Å². The normalized spacial score (nSPS) is 9.88. The molecule has 0 fully saturated rings. The molecular formula is C7H9IN6OS. The number of carbonyl (C=O) groups is 1. The van der Waals surface area contributed by atoms with Crippen molar-refractivity contribution in [3.8, 4) is 0 Å². The fourth-order valence-corrected chi connectivity index (χ4v) is 1.38. The van der Waals surface area contributed by atoms with E-state index in [4.69, 9.17) is 16.9 Å². The molecule has 9 heteroatoms. The summed E-state index contributed by atoms with van der Waals surface area (Å²) in [5.41, 5.74) is 11.0. The zero-order chi connectivity index (χ0) is 12.3. The summed E-state index contributed by atoms with van der Waals surface area (Å²) >= 11 is 2.95. The van der Waals surface area contributed by atoms with E-state index in [0.717, 1.165) is 11.8 Å². The molecule has 1 rings (SSSR count). The van der Waals surface area contributed by atoms with E-state index in [1.165, 1.54) is 0 Å². The third kappa shape index (κ3) is 2.95. The molecule has 0 bridgehead atoms. The number of amides is 1. The molecule has 1 aromatic rings. The Morgan fingerprint density at radius 2 is 2.06 bits per heavy atom. The van der Waals surface area contributed by atoms with Crippen molar-refractivity contribution in [1.29, 1.82) is 5.41 Å². The van der Waals surface area contributed by atoms with Gasteiger partial charge in [0.1, 0.15) is 3.70 Å². The summed E-state index contributed by atoms with van der Waals surface area (Å²) in [5, 5.41) is 9.63. The molecule has 0 unspecified atom stereocenters. The van der Waals surface area contributed by atoms with Crippen LogP contribution in [0.1, 0.15) is 10.5 Å². The van der Waals surface area contributed by atoms with Gasteiger partial charge < -0.3 is 16.8 Å². The van der Waals surface area contributed by atoms with Crippen molar-refractivity contribution >= 4 is 57.1 Å². The lowest BCUT2D eigenvalue weighted by Gasteiger charge is -2.06. The van der Waals surface area contributed by atoms with E-state index < -0.39 is 5.91 Å². The van der Waals surface area contributed by atoms with Crippen molar-refractivity contribution in [3.05, 3.63) is 9.39 Å². The Kier molecular flexibility index (Phi) is 4.29. The van der Waals surface area contributed by atoms with Gasteiger partial charge in [0, 0.05) is 0 Å². The van der Waals surface area contributed by atoms with Crippen LogP contribution in [-0.4, -0.2) is 27.3 Å². The van der Waals surface area contributed by atoms with Gasteiger partial charge in [-0.15, -0.1) is 0 Å². The third-order valence-corrected chi connectivity index (χ3v) is 2.86. The molecule has 1 heterocycles. The highest BCUT2D eigenvalue weighted by Gasteiger charge is 2.16. The largest absolute Gasteiger partial charge is 0.382 e. The Morgan fingerprint density at radius 1 is 1.44 bits per heavy atom. The summed E-state index contributed by atoms with van der Waals surface area (Å²) in [6, 6.07) is 0. The minimum atomic E-state index is -0.567. The molecule has 0 aliphatic rings. The van der Waals surface area contributed by atoms with Crippen molar-refractivity contribution in [2.45, 2.75) is 0 Å². The van der Waals surface area contributed by atoms with E-state index in [2.05, 4.69) is 15.3 Å². The standard InChI is InChI=1S/C7H9IN6OS/c1-16-7(11)14-6(15)2-4(9)13-5(10)3(8)12-2/h1H3,(H4,9,10,13)(H2,11,14,15). The molecule has 0 aromatic carbocycles. The first-order valence-corrected chi connectivity index (χ1v) is 6.28. The summed E-state index contributed by atoms with van der Waals surface area (Å²) in [7, 11) is 0. The Labute approximate surface area is 109 Å². The Hall–Kier alpha value is -1.10. The van der Waals surface area contributed by atoms with Gasteiger partial charge >= 0.3 is 0 Å². The molecule has 6 N–H and O–H groups in total. The predicted octanol–water partition coefficient (Wildman–Crippen LogP) is 0.273. The maximum Gasteiger partial charge on any atom is 0.279 e. The van der Waals surface area contributed by atoms with Gasteiger partial charge in [-0.3, -0.25) is 10.2 Å². The summed E-state index contributed by atoms with van der Waals surface area (Å²) in [6.45, 7) is 0. The number of anilines is 2. The molecule has 86 valence electrons. The second-order valence-corrected chi connectivity index (χ2v) is 4.46. The smallest absolute Gasteiger partial charge is 0.279 e. The van der Waals surface area contributed by atoms with Crippen molar-refractivity contribution < 1.29 is 4.79 Å². The van der Waals surface area contributed by atoms with Gasteiger partial charge in [0.15, 0.2) is 22.5 Å². The zero-order valence-electron chi connectivity index (χ0n) is 8.24. The van der Waals surface area contributed by atoms with Gasteiger partial charge in [0.2, 0.25) is 0 Å². The van der Waals surface area contributed by atoms with Crippen LogP contribution in [0.3, 0.4) is 0 Å². The maximum atomic E-state index is 11.6. The molecule has 16 heavy (non-hydrogen) atoms. The van der Waals surface area contributed by atoms with E-state index in [9.17, 15) is 4.79 Å². The zero-order valence-corrected chi connectivity index (χ0v) is 11.2. The lowest BCUT2D eigenvalue weighted by Crippen LogP contribution is -2.29. The fourth-order valence-electron chi connectivity index (χ4n) is 0.822. The molecular weight excluding hydrogens is 343 g/mol. The second kappa shape index (κ2) is 5.30. The topological polar surface area (TPSA) is 131 Å². The van der Waals surface area contributed by atoms with Crippen LogP contribution in [0.5, 0.6) is 0 Å². The number of aromatic nitrogens is 2. The molecule has 0 saturated heterocycles. The summed E-state index contributed by atoms with van der Waals surface area (Å²) < 4.78 is 0.396. The van der Waals surface area contributed by atoms with Gasteiger partial charge in [-0.05, 0) is 28.8 Å².